The van der Waals surface area contributed by atoms with Gasteiger partial charge in [0, 0.05) is 32.4 Å². The van der Waals surface area contributed by atoms with Gasteiger partial charge in [-0.2, -0.15) is 0 Å². The van der Waals surface area contributed by atoms with Gasteiger partial charge in [0.05, 0.1) is 5.75 Å². The number of anilines is 1. The summed E-state index contributed by atoms with van der Waals surface area (Å²) in [5.41, 5.74) is 0.914. The summed E-state index contributed by atoms with van der Waals surface area (Å²) in [6.45, 7) is 0. The van der Waals surface area contributed by atoms with Gasteiger partial charge >= 0.3 is 0 Å². The van der Waals surface area contributed by atoms with Gasteiger partial charge in [0.25, 0.3) is 5.91 Å². The van der Waals surface area contributed by atoms with E-state index >= 15 is 0 Å². The quantitative estimate of drug-likeness (QED) is 0.288. The molecule has 0 aliphatic rings. The minimum absolute atomic E-state index is 0.258. The fraction of sp³-hybridized carbons (Fsp3) is 0.0909. The first kappa shape index (κ1) is 21.0. The molecule has 0 bridgehead atoms. The van der Waals surface area contributed by atoms with E-state index < -0.39 is 0 Å². The highest BCUT2D eigenvalue weighted by molar-refractivity contribution is 7.98. The summed E-state index contributed by atoms with van der Waals surface area (Å²) in [5, 5.41) is 4.57. The zero-order chi connectivity index (χ0) is 20.9. The summed E-state index contributed by atoms with van der Waals surface area (Å²) in [7, 11) is 0. The maximum Gasteiger partial charge on any atom is 0.293 e. The van der Waals surface area contributed by atoms with E-state index in [9.17, 15) is 4.79 Å². The van der Waals surface area contributed by atoms with Crippen molar-refractivity contribution in [3.05, 3.63) is 98.9 Å². The van der Waals surface area contributed by atoms with Crippen LogP contribution in [0, 0.1) is 0 Å². The van der Waals surface area contributed by atoms with Crippen molar-refractivity contribution in [1.29, 1.82) is 0 Å². The molecule has 0 saturated heterocycles. The molecule has 0 radical (unpaired) electrons. The van der Waals surface area contributed by atoms with Gasteiger partial charge in [0.2, 0.25) is 0 Å². The first-order chi connectivity index (χ1) is 14.6. The van der Waals surface area contributed by atoms with E-state index in [1.807, 2.05) is 42.5 Å². The number of nitrogens with one attached hydrogen (secondary N) is 1. The van der Waals surface area contributed by atoms with Crippen LogP contribution in [0.5, 0.6) is 0 Å². The molecule has 0 atom stereocenters. The predicted molar refractivity (Wildman–Crippen MR) is 124 cm³/mol. The fourth-order valence-corrected chi connectivity index (χ4v) is 4.74. The summed E-state index contributed by atoms with van der Waals surface area (Å²) in [5.74, 6) is 1.32. The topological polar surface area (TPSA) is 55.1 Å². The lowest BCUT2D eigenvalue weighted by Gasteiger charge is -2.02. The third kappa shape index (κ3) is 5.46. The van der Waals surface area contributed by atoms with Crippen LogP contribution < -0.4 is 5.32 Å². The van der Waals surface area contributed by atoms with Crippen LogP contribution >= 0.6 is 46.3 Å². The Morgan fingerprint density at radius 1 is 1.10 bits per heavy atom. The molecule has 0 aliphatic carbocycles. The number of carbonyl (C=O) groups excluding carboxylic acids is 1. The zero-order valence-electron chi connectivity index (χ0n) is 15.6. The normalized spacial score (nSPS) is 10.9. The van der Waals surface area contributed by atoms with Gasteiger partial charge in [-0.15, -0.1) is 23.1 Å². The second-order valence-corrected chi connectivity index (χ2v) is 9.37. The summed E-state index contributed by atoms with van der Waals surface area (Å²) < 4.78 is 5.68. The van der Waals surface area contributed by atoms with Crippen LogP contribution in [-0.4, -0.2) is 10.9 Å². The largest absolute Gasteiger partial charge is 0.455 e. The molecule has 4 nitrogen and oxygen atoms in total. The first-order valence-corrected chi connectivity index (χ1v) is 11.6. The Labute approximate surface area is 192 Å². The average molecular weight is 475 g/mol. The summed E-state index contributed by atoms with van der Waals surface area (Å²) in [4.78, 5) is 18.9. The molecule has 30 heavy (non-hydrogen) atoms. The van der Waals surface area contributed by atoms with Gasteiger partial charge in [0.15, 0.2) is 10.9 Å². The number of furan rings is 1. The monoisotopic (exact) mass is 474 g/mol. The molecule has 2 aromatic carbocycles. The minimum atomic E-state index is -0.326. The molecule has 2 aromatic heterocycles. The smallest absolute Gasteiger partial charge is 0.293 e. The number of rotatable bonds is 7. The van der Waals surface area contributed by atoms with E-state index in [1.165, 1.54) is 11.3 Å². The van der Waals surface area contributed by atoms with Crippen molar-refractivity contribution >= 4 is 57.3 Å². The minimum Gasteiger partial charge on any atom is -0.455 e. The number of aromatic nitrogens is 1. The molecule has 0 aliphatic heterocycles. The van der Waals surface area contributed by atoms with Crippen LogP contribution in [0.1, 0.15) is 26.8 Å². The molecular formula is C22H16Cl2N2O2S2. The molecule has 0 saturated carbocycles. The third-order valence-electron chi connectivity index (χ3n) is 4.16. The molecule has 8 heteroatoms. The number of benzene rings is 2. The molecule has 1 amide bonds. The number of hydrogen-bond donors (Lipinski definition) is 1. The Bertz CT molecular complexity index is 1160. The highest BCUT2D eigenvalue weighted by Gasteiger charge is 2.14. The summed E-state index contributed by atoms with van der Waals surface area (Å²) in [6, 6.07) is 18.9. The van der Waals surface area contributed by atoms with Crippen LogP contribution in [0.15, 0.2) is 76.2 Å². The molecule has 0 fully saturated rings. The molecule has 152 valence electrons. The van der Waals surface area contributed by atoms with Crippen molar-refractivity contribution in [3.8, 4) is 0 Å². The van der Waals surface area contributed by atoms with E-state index in [0.717, 1.165) is 21.1 Å². The molecule has 4 rings (SSSR count). The average Bonchev–Trinajstić information content (AvgIpc) is 3.40. The van der Waals surface area contributed by atoms with Gasteiger partial charge in [-0.1, -0.05) is 41.4 Å². The Balaban J connectivity index is 1.35. The molecule has 1 N–H and O–H groups in total. The Morgan fingerprint density at radius 2 is 1.93 bits per heavy atom. The number of thioether (sulfide) groups is 1. The van der Waals surface area contributed by atoms with E-state index in [0.29, 0.717) is 27.4 Å². The van der Waals surface area contributed by atoms with Crippen LogP contribution in [0.3, 0.4) is 0 Å². The molecule has 0 unspecified atom stereocenters. The number of halogens is 2. The van der Waals surface area contributed by atoms with E-state index in [1.54, 1.807) is 36.2 Å². The van der Waals surface area contributed by atoms with Crippen molar-refractivity contribution in [2.24, 2.45) is 0 Å². The Hall–Kier alpha value is -2.25. The van der Waals surface area contributed by atoms with Crippen LogP contribution in [0.25, 0.3) is 0 Å². The van der Waals surface area contributed by atoms with E-state index in [4.69, 9.17) is 27.6 Å². The Kier molecular flexibility index (Phi) is 6.79. The standard InChI is InChI=1S/C22H16Cl2N2O2S2/c23-15-6-8-19(24)14(10-15)11-18-12-25-22(30-18)26-21(27)20-9-7-16(28-20)13-29-17-4-2-1-3-5-17/h1-10,12H,11,13H2,(H,25,26,27). The number of hydrogen-bond acceptors (Lipinski definition) is 5. The van der Waals surface area contributed by atoms with Gasteiger partial charge in [-0.25, -0.2) is 4.98 Å². The summed E-state index contributed by atoms with van der Waals surface area (Å²) in [6.07, 6.45) is 2.32. The van der Waals surface area contributed by atoms with Crippen molar-refractivity contribution < 1.29 is 9.21 Å². The van der Waals surface area contributed by atoms with E-state index in [-0.39, 0.29) is 11.7 Å². The number of carbonyl (C=O) groups is 1. The van der Waals surface area contributed by atoms with E-state index in [2.05, 4.69) is 10.3 Å². The van der Waals surface area contributed by atoms with Gasteiger partial charge in [-0.05, 0) is 48.0 Å². The molecule has 4 aromatic rings. The SMILES string of the molecule is O=C(Nc1ncc(Cc2cc(Cl)ccc2Cl)s1)c1ccc(CSc2ccccc2)o1. The van der Waals surface area contributed by atoms with Crippen molar-refractivity contribution in [2.45, 2.75) is 17.1 Å². The van der Waals surface area contributed by atoms with Crippen LogP contribution in [0.2, 0.25) is 10.0 Å². The lowest BCUT2D eigenvalue weighted by Crippen LogP contribution is -2.10. The molecule has 2 heterocycles. The fourth-order valence-electron chi connectivity index (χ4n) is 2.72. The molecular weight excluding hydrogens is 459 g/mol. The molecule has 0 spiro atoms. The van der Waals surface area contributed by atoms with Crippen molar-refractivity contribution in [2.75, 3.05) is 5.32 Å². The second kappa shape index (κ2) is 9.71. The van der Waals surface area contributed by atoms with Gasteiger partial charge in [-0.3, -0.25) is 10.1 Å². The second-order valence-electron chi connectivity index (χ2n) is 6.37. The highest BCUT2D eigenvalue weighted by Crippen LogP contribution is 2.28. The maximum atomic E-state index is 12.5. The first-order valence-electron chi connectivity index (χ1n) is 9.03. The predicted octanol–water partition coefficient (Wildman–Crippen LogP) is 7.18. The zero-order valence-corrected chi connectivity index (χ0v) is 18.7. The van der Waals surface area contributed by atoms with Crippen molar-refractivity contribution in [3.63, 3.8) is 0 Å². The number of thiazole rings is 1. The third-order valence-corrected chi connectivity index (χ3v) is 6.71. The number of amides is 1. The van der Waals surface area contributed by atoms with Crippen LogP contribution in [-0.2, 0) is 12.2 Å². The lowest BCUT2D eigenvalue weighted by atomic mass is 10.1. The summed E-state index contributed by atoms with van der Waals surface area (Å²) >= 11 is 15.3. The van der Waals surface area contributed by atoms with Crippen LogP contribution in [0.4, 0.5) is 5.13 Å². The Morgan fingerprint density at radius 3 is 2.77 bits per heavy atom. The van der Waals surface area contributed by atoms with Crippen molar-refractivity contribution in [1.82, 2.24) is 4.98 Å². The highest BCUT2D eigenvalue weighted by atomic mass is 35.5. The lowest BCUT2D eigenvalue weighted by molar-refractivity contribution is 0.0995. The van der Waals surface area contributed by atoms with Gasteiger partial charge in [0.1, 0.15) is 5.76 Å². The number of nitrogens with zero attached hydrogens (tertiary/aromatic N) is 1. The maximum absolute atomic E-state index is 12.5. The van der Waals surface area contributed by atoms with Gasteiger partial charge < -0.3 is 4.42 Å².